The van der Waals surface area contributed by atoms with E-state index in [0.29, 0.717) is 6.54 Å². The van der Waals surface area contributed by atoms with Gasteiger partial charge in [0.05, 0.1) is 12.7 Å². The highest BCUT2D eigenvalue weighted by atomic mass is 16.3. The van der Waals surface area contributed by atoms with Crippen LogP contribution in [-0.4, -0.2) is 34.5 Å². The minimum atomic E-state index is -0.700. The fraction of sp³-hybridized carbons (Fsp3) is 0.500. The highest BCUT2D eigenvalue weighted by Gasteiger charge is 2.07. The normalized spacial score (nSPS) is 15.1. The Morgan fingerprint density at radius 1 is 1.57 bits per heavy atom. The number of hydrogen-bond acceptors (Lipinski definition) is 4. The van der Waals surface area contributed by atoms with Crippen LogP contribution in [0.15, 0.2) is 24.5 Å². The van der Waals surface area contributed by atoms with Gasteiger partial charge in [0.25, 0.3) is 0 Å². The van der Waals surface area contributed by atoms with Crippen molar-refractivity contribution in [3.63, 3.8) is 0 Å². The molecule has 0 aromatic carbocycles. The average Bonchev–Trinajstić information content (AvgIpc) is 2.26. The summed E-state index contributed by atoms with van der Waals surface area (Å²) in [5, 5.41) is 20.8. The van der Waals surface area contributed by atoms with E-state index < -0.39 is 6.10 Å². The van der Waals surface area contributed by atoms with Crippen molar-refractivity contribution in [3.8, 4) is 0 Å². The molecule has 0 radical (unpaired) electrons. The van der Waals surface area contributed by atoms with E-state index in [4.69, 9.17) is 10.2 Å². The van der Waals surface area contributed by atoms with Gasteiger partial charge in [-0.05, 0) is 18.6 Å². The summed E-state index contributed by atoms with van der Waals surface area (Å²) in [4.78, 5) is 4.00. The summed E-state index contributed by atoms with van der Waals surface area (Å²) in [6.07, 6.45) is 2.80. The molecule has 1 heterocycles. The molecule has 1 aromatic heterocycles. The molecule has 1 aromatic rings. The molecule has 14 heavy (non-hydrogen) atoms. The second kappa shape index (κ2) is 5.70. The largest absolute Gasteiger partial charge is 0.394 e. The van der Waals surface area contributed by atoms with Crippen molar-refractivity contribution >= 4 is 0 Å². The van der Waals surface area contributed by atoms with Gasteiger partial charge in [0.1, 0.15) is 0 Å². The predicted octanol–water partition coefficient (Wildman–Crippen LogP) is 0.0854. The van der Waals surface area contributed by atoms with Crippen LogP contribution >= 0.6 is 0 Å². The maximum absolute atomic E-state index is 9.13. The van der Waals surface area contributed by atoms with E-state index in [2.05, 4.69) is 10.3 Å². The molecule has 0 bridgehead atoms. The van der Waals surface area contributed by atoms with Crippen LogP contribution in [0.4, 0.5) is 0 Å². The summed E-state index contributed by atoms with van der Waals surface area (Å²) in [5.41, 5.74) is 1.07. The molecule has 0 aliphatic carbocycles. The fourth-order valence-electron chi connectivity index (χ4n) is 1.13. The van der Waals surface area contributed by atoms with Crippen LogP contribution in [0.1, 0.15) is 18.5 Å². The maximum Gasteiger partial charge on any atom is 0.0895 e. The molecule has 0 spiro atoms. The van der Waals surface area contributed by atoms with E-state index in [0.717, 1.165) is 5.56 Å². The Kier molecular flexibility index (Phi) is 4.52. The first kappa shape index (κ1) is 11.1. The molecule has 78 valence electrons. The van der Waals surface area contributed by atoms with Gasteiger partial charge in [0.2, 0.25) is 0 Å². The van der Waals surface area contributed by atoms with Crippen LogP contribution in [0.3, 0.4) is 0 Å². The van der Waals surface area contributed by atoms with E-state index in [-0.39, 0.29) is 12.6 Å². The topological polar surface area (TPSA) is 65.4 Å². The molecule has 3 N–H and O–H groups in total. The Bertz CT molecular complexity index is 254. The summed E-state index contributed by atoms with van der Waals surface area (Å²) < 4.78 is 0. The lowest BCUT2D eigenvalue weighted by Crippen LogP contribution is -2.31. The van der Waals surface area contributed by atoms with E-state index in [1.165, 1.54) is 0 Å². The van der Waals surface area contributed by atoms with Crippen molar-refractivity contribution in [3.05, 3.63) is 30.1 Å². The molecule has 4 heteroatoms. The van der Waals surface area contributed by atoms with Gasteiger partial charge in [-0.3, -0.25) is 4.98 Å². The van der Waals surface area contributed by atoms with Crippen molar-refractivity contribution in [2.45, 2.75) is 19.1 Å². The number of nitrogens with one attached hydrogen (secondary N) is 1. The van der Waals surface area contributed by atoms with Gasteiger partial charge in [-0.1, -0.05) is 6.07 Å². The lowest BCUT2D eigenvalue weighted by molar-refractivity contribution is 0.0924. The van der Waals surface area contributed by atoms with Crippen LogP contribution in [0.2, 0.25) is 0 Å². The molecule has 2 atom stereocenters. The van der Waals surface area contributed by atoms with E-state index in [1.54, 1.807) is 12.4 Å². The molecule has 2 unspecified atom stereocenters. The van der Waals surface area contributed by atoms with E-state index >= 15 is 0 Å². The van der Waals surface area contributed by atoms with Gasteiger partial charge >= 0.3 is 0 Å². The van der Waals surface area contributed by atoms with Crippen LogP contribution in [0, 0.1) is 0 Å². The quantitative estimate of drug-likeness (QED) is 0.624. The number of rotatable bonds is 5. The Morgan fingerprint density at radius 2 is 2.36 bits per heavy atom. The van der Waals surface area contributed by atoms with Crippen LogP contribution in [-0.2, 0) is 0 Å². The number of aliphatic hydroxyl groups is 2. The molecule has 0 amide bonds. The van der Waals surface area contributed by atoms with Crippen molar-refractivity contribution in [1.82, 2.24) is 10.3 Å². The van der Waals surface area contributed by atoms with Crippen molar-refractivity contribution in [2.24, 2.45) is 0 Å². The molecule has 4 nitrogen and oxygen atoms in total. The maximum atomic E-state index is 9.13. The van der Waals surface area contributed by atoms with E-state index in [1.807, 2.05) is 19.1 Å². The lowest BCUT2D eigenvalue weighted by Gasteiger charge is -2.15. The number of aliphatic hydroxyl groups excluding tert-OH is 2. The summed E-state index contributed by atoms with van der Waals surface area (Å²) in [5.74, 6) is 0. The number of aromatic nitrogens is 1. The van der Waals surface area contributed by atoms with Gasteiger partial charge < -0.3 is 15.5 Å². The standard InChI is InChI=1S/C10H16N2O2/c1-8(12-6-10(14)7-13)9-3-2-4-11-5-9/h2-5,8,10,12-14H,6-7H2,1H3. The summed E-state index contributed by atoms with van der Waals surface area (Å²) in [6.45, 7) is 2.15. The Hall–Kier alpha value is -0.970. The third-order valence-corrected chi connectivity index (χ3v) is 2.05. The highest BCUT2D eigenvalue weighted by molar-refractivity contribution is 5.12. The monoisotopic (exact) mass is 196 g/mol. The second-order valence-electron chi connectivity index (χ2n) is 3.25. The van der Waals surface area contributed by atoms with Crippen LogP contribution in [0.25, 0.3) is 0 Å². The number of nitrogens with zero attached hydrogens (tertiary/aromatic N) is 1. The van der Waals surface area contributed by atoms with Gasteiger partial charge in [0, 0.05) is 25.0 Å². The number of hydrogen-bond donors (Lipinski definition) is 3. The summed E-state index contributed by atoms with van der Waals surface area (Å²) in [7, 11) is 0. The van der Waals surface area contributed by atoms with Crippen LogP contribution in [0.5, 0.6) is 0 Å². The fourth-order valence-corrected chi connectivity index (χ4v) is 1.13. The highest BCUT2D eigenvalue weighted by Crippen LogP contribution is 2.09. The van der Waals surface area contributed by atoms with Gasteiger partial charge in [0.15, 0.2) is 0 Å². The van der Waals surface area contributed by atoms with Gasteiger partial charge in [-0.15, -0.1) is 0 Å². The first-order chi connectivity index (χ1) is 6.74. The third-order valence-electron chi connectivity index (χ3n) is 2.05. The van der Waals surface area contributed by atoms with Crippen molar-refractivity contribution in [2.75, 3.05) is 13.2 Å². The van der Waals surface area contributed by atoms with Gasteiger partial charge in [-0.2, -0.15) is 0 Å². The first-order valence-electron chi connectivity index (χ1n) is 4.66. The molecule has 0 saturated heterocycles. The second-order valence-corrected chi connectivity index (χ2v) is 3.25. The first-order valence-corrected chi connectivity index (χ1v) is 4.66. The molecule has 1 rings (SSSR count). The average molecular weight is 196 g/mol. The predicted molar refractivity (Wildman–Crippen MR) is 53.7 cm³/mol. The Labute approximate surface area is 83.6 Å². The zero-order valence-corrected chi connectivity index (χ0v) is 8.22. The number of pyridine rings is 1. The smallest absolute Gasteiger partial charge is 0.0895 e. The van der Waals surface area contributed by atoms with Crippen LogP contribution < -0.4 is 5.32 Å². The lowest BCUT2D eigenvalue weighted by atomic mass is 10.1. The molecule has 0 aliphatic rings. The van der Waals surface area contributed by atoms with E-state index in [9.17, 15) is 0 Å². The molecular formula is C10H16N2O2. The zero-order valence-electron chi connectivity index (χ0n) is 8.22. The van der Waals surface area contributed by atoms with Gasteiger partial charge in [-0.25, -0.2) is 0 Å². The summed E-state index contributed by atoms with van der Waals surface area (Å²) in [6, 6.07) is 3.97. The zero-order chi connectivity index (χ0) is 10.4. The molecule has 0 fully saturated rings. The van der Waals surface area contributed by atoms with Crippen molar-refractivity contribution in [1.29, 1.82) is 0 Å². The molecule has 0 aliphatic heterocycles. The minimum Gasteiger partial charge on any atom is -0.394 e. The molecule has 0 saturated carbocycles. The minimum absolute atomic E-state index is 0.130. The third kappa shape index (κ3) is 3.41. The SMILES string of the molecule is CC(NCC(O)CO)c1cccnc1. The Morgan fingerprint density at radius 3 is 2.93 bits per heavy atom. The Balaban J connectivity index is 2.39. The molecular weight excluding hydrogens is 180 g/mol. The van der Waals surface area contributed by atoms with Crippen molar-refractivity contribution < 1.29 is 10.2 Å². The summed E-state index contributed by atoms with van der Waals surface area (Å²) >= 11 is 0.